The number of benzene rings is 2. The SMILES string of the molecule is COc1ccc(C=NOCC(=O)NN=Cc2ccccc2O)cc1. The highest BCUT2D eigenvalue weighted by Gasteiger charge is 1.99. The van der Waals surface area contributed by atoms with Gasteiger partial charge in [0.2, 0.25) is 0 Å². The number of phenolic OH excluding ortho intramolecular Hbond substituents is 1. The predicted octanol–water partition coefficient (Wildman–Crippen LogP) is 1.90. The van der Waals surface area contributed by atoms with Gasteiger partial charge in [0.25, 0.3) is 5.91 Å². The molecule has 0 aliphatic rings. The Kier molecular flexibility index (Phi) is 6.34. The van der Waals surface area contributed by atoms with Crippen molar-refractivity contribution in [3.63, 3.8) is 0 Å². The number of hydrogen-bond donors (Lipinski definition) is 2. The minimum absolute atomic E-state index is 0.0795. The van der Waals surface area contributed by atoms with E-state index in [1.165, 1.54) is 18.5 Å². The molecule has 0 radical (unpaired) electrons. The lowest BCUT2D eigenvalue weighted by Crippen LogP contribution is -2.22. The molecule has 0 bridgehead atoms. The molecule has 0 fully saturated rings. The van der Waals surface area contributed by atoms with Crippen LogP contribution in [0.25, 0.3) is 0 Å². The third kappa shape index (κ3) is 5.45. The zero-order valence-corrected chi connectivity index (χ0v) is 13.0. The van der Waals surface area contributed by atoms with Crippen molar-refractivity contribution in [3.8, 4) is 11.5 Å². The normalized spacial score (nSPS) is 10.9. The first-order chi connectivity index (χ1) is 11.7. The van der Waals surface area contributed by atoms with E-state index in [1.54, 1.807) is 37.4 Å². The second-order valence-electron chi connectivity index (χ2n) is 4.63. The molecule has 1 amide bonds. The van der Waals surface area contributed by atoms with E-state index in [0.717, 1.165) is 11.3 Å². The monoisotopic (exact) mass is 327 g/mol. The molecular weight excluding hydrogens is 310 g/mol. The fourth-order valence-electron chi connectivity index (χ4n) is 1.69. The third-order valence-corrected chi connectivity index (χ3v) is 2.92. The van der Waals surface area contributed by atoms with E-state index < -0.39 is 5.91 Å². The first-order valence-corrected chi connectivity index (χ1v) is 7.08. The van der Waals surface area contributed by atoms with Crippen molar-refractivity contribution in [2.45, 2.75) is 0 Å². The Morgan fingerprint density at radius 3 is 2.62 bits per heavy atom. The average molecular weight is 327 g/mol. The molecule has 0 heterocycles. The average Bonchev–Trinajstić information content (AvgIpc) is 2.61. The van der Waals surface area contributed by atoms with Crippen molar-refractivity contribution in [1.82, 2.24) is 5.43 Å². The van der Waals surface area contributed by atoms with Crippen LogP contribution in [0.5, 0.6) is 11.5 Å². The minimum atomic E-state index is -0.464. The molecule has 124 valence electrons. The predicted molar refractivity (Wildman–Crippen MR) is 90.4 cm³/mol. The summed E-state index contributed by atoms with van der Waals surface area (Å²) in [5, 5.41) is 17.0. The van der Waals surface area contributed by atoms with Gasteiger partial charge in [0.15, 0.2) is 6.61 Å². The maximum Gasteiger partial charge on any atom is 0.280 e. The summed E-state index contributed by atoms with van der Waals surface area (Å²) in [7, 11) is 1.59. The van der Waals surface area contributed by atoms with Gasteiger partial charge in [0, 0.05) is 5.56 Å². The number of methoxy groups -OCH3 is 1. The van der Waals surface area contributed by atoms with Gasteiger partial charge in [-0.2, -0.15) is 5.10 Å². The summed E-state index contributed by atoms with van der Waals surface area (Å²) in [5.41, 5.74) is 3.59. The Labute approximate surface area is 139 Å². The van der Waals surface area contributed by atoms with Crippen LogP contribution in [0.15, 0.2) is 58.8 Å². The number of ether oxygens (including phenoxy) is 1. The molecule has 2 aromatic carbocycles. The van der Waals surface area contributed by atoms with Gasteiger partial charge in [-0.3, -0.25) is 4.79 Å². The highest BCUT2D eigenvalue weighted by Crippen LogP contribution is 2.12. The van der Waals surface area contributed by atoms with E-state index in [0.29, 0.717) is 5.56 Å². The fraction of sp³-hybridized carbons (Fsp3) is 0.118. The van der Waals surface area contributed by atoms with Gasteiger partial charge in [-0.1, -0.05) is 17.3 Å². The van der Waals surface area contributed by atoms with Gasteiger partial charge in [0.1, 0.15) is 11.5 Å². The van der Waals surface area contributed by atoms with E-state index in [9.17, 15) is 9.90 Å². The van der Waals surface area contributed by atoms with Crippen LogP contribution in [0, 0.1) is 0 Å². The lowest BCUT2D eigenvalue weighted by atomic mass is 10.2. The molecule has 0 saturated carbocycles. The minimum Gasteiger partial charge on any atom is -0.507 e. The standard InChI is InChI=1S/C17H17N3O4/c1-23-15-8-6-13(7-9-15)10-19-24-12-17(22)20-18-11-14-4-2-3-5-16(14)21/h2-11,21H,12H2,1H3,(H,20,22). The summed E-state index contributed by atoms with van der Waals surface area (Å²) >= 11 is 0. The molecular formula is C17H17N3O4. The number of phenols is 1. The molecule has 0 aromatic heterocycles. The molecule has 2 rings (SSSR count). The highest BCUT2D eigenvalue weighted by molar-refractivity contribution is 5.85. The van der Waals surface area contributed by atoms with Crippen LogP contribution in [0.4, 0.5) is 0 Å². The molecule has 0 saturated heterocycles. The number of nitrogens with one attached hydrogen (secondary N) is 1. The van der Waals surface area contributed by atoms with Crippen molar-refractivity contribution in [1.29, 1.82) is 0 Å². The molecule has 0 unspecified atom stereocenters. The van der Waals surface area contributed by atoms with Gasteiger partial charge in [-0.15, -0.1) is 0 Å². The number of carbonyl (C=O) groups excluding carboxylic acids is 1. The molecule has 2 N–H and O–H groups in total. The molecule has 2 aromatic rings. The maximum absolute atomic E-state index is 11.5. The molecule has 0 spiro atoms. The van der Waals surface area contributed by atoms with E-state index >= 15 is 0 Å². The van der Waals surface area contributed by atoms with Crippen molar-refractivity contribution < 1.29 is 19.5 Å². The number of rotatable bonds is 7. The summed E-state index contributed by atoms with van der Waals surface area (Å²) in [4.78, 5) is 16.4. The molecule has 24 heavy (non-hydrogen) atoms. The van der Waals surface area contributed by atoms with Crippen molar-refractivity contribution >= 4 is 18.3 Å². The topological polar surface area (TPSA) is 92.5 Å². The van der Waals surface area contributed by atoms with Gasteiger partial charge in [-0.25, -0.2) is 5.43 Å². The van der Waals surface area contributed by atoms with Gasteiger partial charge < -0.3 is 14.7 Å². The fourth-order valence-corrected chi connectivity index (χ4v) is 1.69. The van der Waals surface area contributed by atoms with Crippen LogP contribution in [0.3, 0.4) is 0 Å². The van der Waals surface area contributed by atoms with E-state index in [2.05, 4.69) is 15.7 Å². The number of hydrogen-bond acceptors (Lipinski definition) is 6. The third-order valence-electron chi connectivity index (χ3n) is 2.92. The van der Waals surface area contributed by atoms with Crippen LogP contribution < -0.4 is 10.2 Å². The number of para-hydroxylation sites is 1. The number of aromatic hydroxyl groups is 1. The van der Waals surface area contributed by atoms with Crippen molar-refractivity contribution in [3.05, 3.63) is 59.7 Å². The maximum atomic E-state index is 11.5. The first-order valence-electron chi connectivity index (χ1n) is 7.08. The van der Waals surface area contributed by atoms with Crippen LogP contribution in [0.2, 0.25) is 0 Å². The number of hydrazone groups is 1. The zero-order valence-electron chi connectivity index (χ0n) is 13.0. The van der Waals surface area contributed by atoms with E-state index in [1.807, 2.05) is 12.1 Å². The van der Waals surface area contributed by atoms with Gasteiger partial charge in [0.05, 0.1) is 19.5 Å². The smallest absolute Gasteiger partial charge is 0.280 e. The van der Waals surface area contributed by atoms with Gasteiger partial charge >= 0.3 is 0 Å². The quantitative estimate of drug-likeness (QED) is 0.600. The number of oxime groups is 1. The summed E-state index contributed by atoms with van der Waals surface area (Å²) in [6.45, 7) is -0.273. The Morgan fingerprint density at radius 2 is 1.92 bits per heavy atom. The second-order valence-corrected chi connectivity index (χ2v) is 4.63. The number of amides is 1. The van der Waals surface area contributed by atoms with Crippen LogP contribution in [-0.4, -0.2) is 37.2 Å². The van der Waals surface area contributed by atoms with Gasteiger partial charge in [-0.05, 0) is 42.0 Å². The number of nitrogens with zero attached hydrogens (tertiary/aromatic N) is 2. The Bertz CT molecular complexity index is 727. The van der Waals surface area contributed by atoms with Crippen molar-refractivity contribution in [2.24, 2.45) is 10.3 Å². The highest BCUT2D eigenvalue weighted by atomic mass is 16.6. The molecule has 7 nitrogen and oxygen atoms in total. The Morgan fingerprint density at radius 1 is 1.17 bits per heavy atom. The van der Waals surface area contributed by atoms with Crippen LogP contribution in [-0.2, 0) is 9.63 Å². The lowest BCUT2D eigenvalue weighted by molar-refractivity contribution is -0.125. The lowest BCUT2D eigenvalue weighted by Gasteiger charge is -2.00. The Hall–Kier alpha value is -3.35. The first kappa shape index (κ1) is 17.0. The molecule has 0 aliphatic heterocycles. The molecule has 7 heteroatoms. The summed E-state index contributed by atoms with van der Waals surface area (Å²) in [6.07, 6.45) is 2.83. The zero-order chi connectivity index (χ0) is 17.2. The molecule has 0 atom stereocenters. The Balaban J connectivity index is 1.73. The van der Waals surface area contributed by atoms with E-state index in [4.69, 9.17) is 9.57 Å². The van der Waals surface area contributed by atoms with E-state index in [-0.39, 0.29) is 12.4 Å². The van der Waals surface area contributed by atoms with Crippen LogP contribution >= 0.6 is 0 Å². The summed E-state index contributed by atoms with van der Waals surface area (Å²) in [5.74, 6) is 0.360. The molecule has 0 aliphatic carbocycles. The summed E-state index contributed by atoms with van der Waals surface area (Å²) in [6, 6.07) is 13.8. The van der Waals surface area contributed by atoms with Crippen molar-refractivity contribution in [2.75, 3.05) is 13.7 Å². The second kappa shape index (κ2) is 8.94. The summed E-state index contributed by atoms with van der Waals surface area (Å²) < 4.78 is 5.05. The van der Waals surface area contributed by atoms with Crippen LogP contribution in [0.1, 0.15) is 11.1 Å². The number of carbonyl (C=O) groups is 1. The largest absolute Gasteiger partial charge is 0.507 e.